The molecule has 0 unspecified atom stereocenters. The number of unbranched alkanes of at least 4 members (excludes halogenated alkanes) is 3. The predicted octanol–water partition coefficient (Wildman–Crippen LogP) is 6.79. The van der Waals surface area contributed by atoms with E-state index in [-0.39, 0.29) is 0 Å². The van der Waals surface area contributed by atoms with Crippen molar-refractivity contribution in [2.24, 2.45) is 11.8 Å². The quantitative estimate of drug-likeness (QED) is 0.431. The van der Waals surface area contributed by atoms with Gasteiger partial charge in [0.25, 0.3) is 0 Å². The molecule has 1 aliphatic carbocycles. The first kappa shape index (κ1) is 18.4. The molecule has 23 heavy (non-hydrogen) atoms. The zero-order valence-electron chi connectivity index (χ0n) is 15.4. The van der Waals surface area contributed by atoms with E-state index in [2.05, 4.69) is 31.2 Å². The second kappa shape index (κ2) is 10.7. The maximum Gasteiger partial charge on any atom is 0.118 e. The van der Waals surface area contributed by atoms with Crippen molar-refractivity contribution < 1.29 is 4.74 Å². The van der Waals surface area contributed by atoms with Gasteiger partial charge in [-0.3, -0.25) is 0 Å². The van der Waals surface area contributed by atoms with Crippen molar-refractivity contribution in [3.63, 3.8) is 0 Å². The lowest BCUT2D eigenvalue weighted by Crippen LogP contribution is -2.14. The van der Waals surface area contributed by atoms with Gasteiger partial charge in [-0.15, -0.1) is 0 Å². The Bertz CT molecular complexity index is 400. The normalized spacial score (nSPS) is 21.3. The van der Waals surface area contributed by atoms with Crippen LogP contribution in [0.1, 0.15) is 83.1 Å². The van der Waals surface area contributed by atoms with Crippen molar-refractivity contribution >= 4 is 0 Å². The number of hydrogen-bond donors (Lipinski definition) is 0. The average Bonchev–Trinajstić information content (AvgIpc) is 2.61. The summed E-state index contributed by atoms with van der Waals surface area (Å²) in [4.78, 5) is 0. The fourth-order valence-electron chi connectivity index (χ4n) is 4.05. The first-order valence-electron chi connectivity index (χ1n) is 9.94. The second-order valence-electron chi connectivity index (χ2n) is 7.48. The Labute approximate surface area is 143 Å². The van der Waals surface area contributed by atoms with Crippen molar-refractivity contribution in [3.05, 3.63) is 29.8 Å². The van der Waals surface area contributed by atoms with Crippen LogP contribution < -0.4 is 4.74 Å². The summed E-state index contributed by atoms with van der Waals surface area (Å²) in [6, 6.07) is 8.57. The minimum absolute atomic E-state index is 0.962. The van der Waals surface area contributed by atoms with Crippen LogP contribution in [-0.2, 0) is 6.42 Å². The molecule has 0 aliphatic heterocycles. The summed E-state index contributed by atoms with van der Waals surface area (Å²) in [5.41, 5.74) is 1.45. The van der Waals surface area contributed by atoms with E-state index in [1.165, 1.54) is 82.6 Å². The lowest BCUT2D eigenvalue weighted by Gasteiger charge is -2.28. The summed E-state index contributed by atoms with van der Waals surface area (Å²) >= 11 is 0. The van der Waals surface area contributed by atoms with E-state index in [4.69, 9.17) is 4.74 Å². The van der Waals surface area contributed by atoms with Crippen LogP contribution in [0.25, 0.3) is 0 Å². The molecule has 1 aliphatic rings. The van der Waals surface area contributed by atoms with Crippen molar-refractivity contribution in [1.29, 1.82) is 0 Å². The standard InChI is InChI=1S/C22H36O/c1-3-4-5-8-19-11-13-20(14-12-19)9-6-7-10-21-15-17-22(23-2)18-16-21/h15-20H,3-14H2,1-2H3. The van der Waals surface area contributed by atoms with E-state index in [1.54, 1.807) is 7.11 Å². The summed E-state index contributed by atoms with van der Waals surface area (Å²) in [5.74, 6) is 3.04. The van der Waals surface area contributed by atoms with Gasteiger partial charge < -0.3 is 4.74 Å². The van der Waals surface area contributed by atoms with Gasteiger partial charge in [0.05, 0.1) is 7.11 Å². The van der Waals surface area contributed by atoms with Crippen LogP contribution in [0.2, 0.25) is 0 Å². The number of benzene rings is 1. The Morgan fingerprint density at radius 2 is 1.39 bits per heavy atom. The first-order valence-corrected chi connectivity index (χ1v) is 9.94. The number of aryl methyl sites for hydroxylation is 1. The minimum Gasteiger partial charge on any atom is -0.497 e. The molecule has 2 rings (SSSR count). The molecule has 0 heterocycles. The zero-order chi connectivity index (χ0) is 16.3. The molecule has 0 bridgehead atoms. The summed E-state index contributed by atoms with van der Waals surface area (Å²) in [7, 11) is 1.73. The van der Waals surface area contributed by atoms with E-state index < -0.39 is 0 Å². The maximum atomic E-state index is 5.21. The van der Waals surface area contributed by atoms with E-state index >= 15 is 0 Å². The molecule has 0 atom stereocenters. The van der Waals surface area contributed by atoms with Crippen molar-refractivity contribution in [2.45, 2.75) is 84.0 Å². The number of ether oxygens (including phenoxy) is 1. The Balaban J connectivity index is 1.53. The minimum atomic E-state index is 0.962. The fraction of sp³-hybridized carbons (Fsp3) is 0.727. The topological polar surface area (TPSA) is 9.23 Å². The number of rotatable bonds is 10. The Hall–Kier alpha value is -0.980. The van der Waals surface area contributed by atoms with Crippen LogP contribution in [0.15, 0.2) is 24.3 Å². The number of methoxy groups -OCH3 is 1. The molecule has 0 radical (unpaired) electrons. The molecule has 130 valence electrons. The van der Waals surface area contributed by atoms with Gasteiger partial charge >= 0.3 is 0 Å². The molecule has 1 aromatic rings. The molecule has 1 nitrogen and oxygen atoms in total. The molecular weight excluding hydrogens is 280 g/mol. The average molecular weight is 317 g/mol. The summed E-state index contributed by atoms with van der Waals surface area (Å²) in [5, 5.41) is 0. The molecular formula is C22H36O. The molecule has 1 aromatic carbocycles. The molecule has 0 saturated heterocycles. The predicted molar refractivity (Wildman–Crippen MR) is 100 cm³/mol. The van der Waals surface area contributed by atoms with Gasteiger partial charge in [0.1, 0.15) is 5.75 Å². The van der Waals surface area contributed by atoms with Gasteiger partial charge in [0, 0.05) is 0 Å². The summed E-state index contributed by atoms with van der Waals surface area (Å²) < 4.78 is 5.21. The molecule has 1 heteroatoms. The third-order valence-corrected chi connectivity index (χ3v) is 5.67. The fourth-order valence-corrected chi connectivity index (χ4v) is 4.05. The highest BCUT2D eigenvalue weighted by molar-refractivity contribution is 5.27. The summed E-state index contributed by atoms with van der Waals surface area (Å²) in [6.07, 6.45) is 17.2. The van der Waals surface area contributed by atoms with Crippen LogP contribution in [0, 0.1) is 11.8 Å². The van der Waals surface area contributed by atoms with E-state index in [0.29, 0.717) is 0 Å². The largest absolute Gasteiger partial charge is 0.497 e. The first-order chi connectivity index (χ1) is 11.3. The lowest BCUT2D eigenvalue weighted by molar-refractivity contribution is 0.245. The Kier molecular flexibility index (Phi) is 8.57. The zero-order valence-corrected chi connectivity index (χ0v) is 15.4. The van der Waals surface area contributed by atoms with Crippen LogP contribution in [0.3, 0.4) is 0 Å². The van der Waals surface area contributed by atoms with Crippen LogP contribution in [0.4, 0.5) is 0 Å². The summed E-state index contributed by atoms with van der Waals surface area (Å²) in [6.45, 7) is 2.31. The molecule has 1 saturated carbocycles. The monoisotopic (exact) mass is 316 g/mol. The lowest BCUT2D eigenvalue weighted by atomic mass is 9.78. The molecule has 0 spiro atoms. The Morgan fingerprint density at radius 1 is 0.826 bits per heavy atom. The van der Waals surface area contributed by atoms with Gasteiger partial charge in [0.2, 0.25) is 0 Å². The second-order valence-corrected chi connectivity index (χ2v) is 7.48. The van der Waals surface area contributed by atoms with E-state index in [1.807, 2.05) is 0 Å². The van der Waals surface area contributed by atoms with Crippen molar-refractivity contribution in [1.82, 2.24) is 0 Å². The van der Waals surface area contributed by atoms with Gasteiger partial charge in [-0.2, -0.15) is 0 Å². The highest BCUT2D eigenvalue weighted by Crippen LogP contribution is 2.34. The van der Waals surface area contributed by atoms with Crippen molar-refractivity contribution in [2.75, 3.05) is 7.11 Å². The van der Waals surface area contributed by atoms with Crippen LogP contribution in [0.5, 0.6) is 5.75 Å². The van der Waals surface area contributed by atoms with Crippen LogP contribution in [-0.4, -0.2) is 7.11 Å². The van der Waals surface area contributed by atoms with Gasteiger partial charge in [-0.05, 0) is 42.4 Å². The smallest absolute Gasteiger partial charge is 0.118 e. The van der Waals surface area contributed by atoms with Gasteiger partial charge in [0.15, 0.2) is 0 Å². The molecule has 0 N–H and O–H groups in total. The van der Waals surface area contributed by atoms with Gasteiger partial charge in [-0.1, -0.05) is 83.3 Å². The highest BCUT2D eigenvalue weighted by Gasteiger charge is 2.20. The van der Waals surface area contributed by atoms with Gasteiger partial charge in [-0.25, -0.2) is 0 Å². The third kappa shape index (κ3) is 6.97. The SMILES string of the molecule is CCCCCC1CCC(CCCCc2ccc(OC)cc2)CC1. The highest BCUT2D eigenvalue weighted by atomic mass is 16.5. The van der Waals surface area contributed by atoms with E-state index in [0.717, 1.165) is 17.6 Å². The molecule has 1 fully saturated rings. The van der Waals surface area contributed by atoms with Crippen LogP contribution >= 0.6 is 0 Å². The maximum absolute atomic E-state index is 5.21. The molecule has 0 amide bonds. The van der Waals surface area contributed by atoms with E-state index in [9.17, 15) is 0 Å². The third-order valence-electron chi connectivity index (χ3n) is 5.67. The van der Waals surface area contributed by atoms with Crippen molar-refractivity contribution in [3.8, 4) is 5.75 Å². The number of hydrogen-bond acceptors (Lipinski definition) is 1. The Morgan fingerprint density at radius 3 is 1.91 bits per heavy atom. The molecule has 0 aromatic heterocycles.